The third-order valence-electron chi connectivity index (χ3n) is 3.41. The zero-order valence-corrected chi connectivity index (χ0v) is 13.9. The maximum Gasteiger partial charge on any atom is 0.272 e. The molecule has 1 aliphatic rings. The molecule has 1 N–H and O–H groups in total. The van der Waals surface area contributed by atoms with Crippen LogP contribution in [0.4, 0.5) is 5.00 Å². The molecule has 1 aromatic carbocycles. The molecule has 23 heavy (non-hydrogen) atoms. The molecule has 1 fully saturated rings. The van der Waals surface area contributed by atoms with Gasteiger partial charge in [-0.2, -0.15) is 5.10 Å². The number of ether oxygens (including phenoxy) is 1. The summed E-state index contributed by atoms with van der Waals surface area (Å²) in [5.41, 5.74) is 2.90. The fourth-order valence-corrected chi connectivity index (χ4v) is 3.38. The summed E-state index contributed by atoms with van der Waals surface area (Å²) in [6, 6.07) is 10.9. The van der Waals surface area contributed by atoms with Gasteiger partial charge in [0.2, 0.25) is 0 Å². The zero-order chi connectivity index (χ0) is 16.1. The van der Waals surface area contributed by atoms with E-state index in [1.165, 1.54) is 5.00 Å². The zero-order valence-electron chi connectivity index (χ0n) is 12.4. The van der Waals surface area contributed by atoms with Gasteiger partial charge in [0.05, 0.1) is 35.0 Å². The number of hydrogen-bond donors (Lipinski definition) is 1. The van der Waals surface area contributed by atoms with Crippen LogP contribution < -0.4 is 10.3 Å². The Morgan fingerprint density at radius 2 is 2.04 bits per heavy atom. The number of thiophene rings is 1. The van der Waals surface area contributed by atoms with Gasteiger partial charge in [0.25, 0.3) is 5.91 Å². The first-order valence-electron chi connectivity index (χ1n) is 7.24. The van der Waals surface area contributed by atoms with Crippen LogP contribution in [0.15, 0.2) is 41.5 Å². The quantitative estimate of drug-likeness (QED) is 0.682. The van der Waals surface area contributed by atoms with Gasteiger partial charge in [0, 0.05) is 18.0 Å². The lowest BCUT2D eigenvalue weighted by Gasteiger charge is -2.27. The van der Waals surface area contributed by atoms with E-state index in [9.17, 15) is 4.79 Å². The van der Waals surface area contributed by atoms with Crippen molar-refractivity contribution in [3.8, 4) is 0 Å². The Morgan fingerprint density at radius 3 is 2.83 bits per heavy atom. The molecule has 3 rings (SSSR count). The summed E-state index contributed by atoms with van der Waals surface area (Å²) in [4.78, 5) is 15.2. The molecule has 0 unspecified atom stereocenters. The van der Waals surface area contributed by atoms with Crippen LogP contribution in [-0.4, -0.2) is 38.4 Å². The summed E-state index contributed by atoms with van der Waals surface area (Å²) in [5, 5.41) is 5.60. The molecule has 0 radical (unpaired) electrons. The van der Waals surface area contributed by atoms with E-state index in [1.807, 2.05) is 6.07 Å². The molecule has 0 spiro atoms. The number of rotatable bonds is 4. The predicted molar refractivity (Wildman–Crippen MR) is 93.9 cm³/mol. The van der Waals surface area contributed by atoms with Gasteiger partial charge in [-0.3, -0.25) is 4.79 Å². The van der Waals surface area contributed by atoms with Crippen molar-refractivity contribution in [2.45, 2.75) is 0 Å². The lowest BCUT2D eigenvalue weighted by molar-refractivity contribution is 0.0955. The van der Waals surface area contributed by atoms with Crippen LogP contribution in [0.5, 0.6) is 0 Å². The molecule has 5 nitrogen and oxygen atoms in total. The van der Waals surface area contributed by atoms with Crippen molar-refractivity contribution in [1.29, 1.82) is 0 Å². The van der Waals surface area contributed by atoms with Crippen LogP contribution in [0.1, 0.15) is 15.2 Å². The Bertz CT molecular complexity index is 711. The number of amides is 1. The Labute approximate surface area is 143 Å². The van der Waals surface area contributed by atoms with Crippen molar-refractivity contribution in [3.63, 3.8) is 0 Å². The number of morpholine rings is 1. The highest BCUT2D eigenvalue weighted by atomic mass is 35.5. The van der Waals surface area contributed by atoms with Gasteiger partial charge in [-0.25, -0.2) is 5.43 Å². The Hall–Kier alpha value is -1.89. The Kier molecular flexibility index (Phi) is 5.27. The van der Waals surface area contributed by atoms with Crippen molar-refractivity contribution in [2.24, 2.45) is 5.10 Å². The molecule has 0 atom stereocenters. The molecule has 1 aromatic heterocycles. The van der Waals surface area contributed by atoms with Gasteiger partial charge in [-0.1, -0.05) is 23.7 Å². The highest BCUT2D eigenvalue weighted by Crippen LogP contribution is 2.25. The molecule has 2 aromatic rings. The molecule has 0 bridgehead atoms. The second kappa shape index (κ2) is 7.59. The summed E-state index contributed by atoms with van der Waals surface area (Å²) >= 11 is 7.61. The van der Waals surface area contributed by atoms with Gasteiger partial charge in [-0.05, 0) is 24.3 Å². The van der Waals surface area contributed by atoms with Crippen molar-refractivity contribution >= 4 is 40.1 Å². The van der Waals surface area contributed by atoms with E-state index in [0.717, 1.165) is 31.2 Å². The maximum absolute atomic E-state index is 12.0. The standard InChI is InChI=1S/C16H16ClN3O2S/c17-14-4-2-1-3-13(14)16(21)19-18-11-12-5-6-15(23-12)20-7-9-22-10-8-20/h1-6,11H,7-10H2,(H,19,21)/b18-11-. The molecule has 2 heterocycles. The summed E-state index contributed by atoms with van der Waals surface area (Å²) in [5.74, 6) is -0.322. The number of anilines is 1. The number of carbonyl (C=O) groups is 1. The SMILES string of the molecule is O=C(N/N=C\c1ccc(N2CCOCC2)s1)c1ccccc1Cl. The number of carbonyl (C=O) groups excluding carboxylic acids is 1. The van der Waals surface area contributed by atoms with E-state index in [0.29, 0.717) is 10.6 Å². The van der Waals surface area contributed by atoms with Gasteiger partial charge >= 0.3 is 0 Å². The molecule has 1 aliphatic heterocycles. The monoisotopic (exact) mass is 349 g/mol. The first-order valence-corrected chi connectivity index (χ1v) is 8.44. The van der Waals surface area contributed by atoms with Crippen molar-refractivity contribution in [1.82, 2.24) is 5.43 Å². The van der Waals surface area contributed by atoms with E-state index in [-0.39, 0.29) is 5.91 Å². The summed E-state index contributed by atoms with van der Waals surface area (Å²) in [7, 11) is 0. The number of halogens is 1. The molecule has 120 valence electrons. The van der Waals surface area contributed by atoms with Gasteiger partial charge in [0.1, 0.15) is 0 Å². The van der Waals surface area contributed by atoms with Crippen LogP contribution in [0, 0.1) is 0 Å². The normalized spacial score (nSPS) is 15.1. The number of hydrazone groups is 1. The largest absolute Gasteiger partial charge is 0.378 e. The van der Waals surface area contributed by atoms with E-state index in [4.69, 9.17) is 16.3 Å². The number of nitrogens with one attached hydrogen (secondary N) is 1. The van der Waals surface area contributed by atoms with Crippen LogP contribution in [0.25, 0.3) is 0 Å². The van der Waals surface area contributed by atoms with E-state index >= 15 is 0 Å². The first-order chi connectivity index (χ1) is 11.2. The smallest absolute Gasteiger partial charge is 0.272 e. The second-order valence-electron chi connectivity index (χ2n) is 4.95. The Balaban J connectivity index is 1.59. The maximum atomic E-state index is 12.0. The van der Waals surface area contributed by atoms with Crippen LogP contribution >= 0.6 is 22.9 Å². The number of nitrogens with zero attached hydrogens (tertiary/aromatic N) is 2. The van der Waals surface area contributed by atoms with Gasteiger partial charge in [-0.15, -0.1) is 11.3 Å². The third-order valence-corrected chi connectivity index (χ3v) is 4.82. The Morgan fingerprint density at radius 1 is 1.26 bits per heavy atom. The molecule has 0 aliphatic carbocycles. The molecule has 1 saturated heterocycles. The molecule has 1 amide bonds. The van der Waals surface area contributed by atoms with E-state index in [1.54, 1.807) is 41.8 Å². The summed E-state index contributed by atoms with van der Waals surface area (Å²) in [6.45, 7) is 3.32. The molecule has 0 saturated carbocycles. The number of hydrogen-bond acceptors (Lipinski definition) is 5. The fourth-order valence-electron chi connectivity index (χ4n) is 2.23. The highest BCUT2D eigenvalue weighted by Gasteiger charge is 2.13. The minimum Gasteiger partial charge on any atom is -0.378 e. The first kappa shape index (κ1) is 16.0. The molecular formula is C16H16ClN3O2S. The average Bonchev–Trinajstić information content (AvgIpc) is 3.05. The summed E-state index contributed by atoms with van der Waals surface area (Å²) in [6.07, 6.45) is 1.64. The van der Waals surface area contributed by atoms with Gasteiger partial charge < -0.3 is 9.64 Å². The van der Waals surface area contributed by atoms with Crippen molar-refractivity contribution in [3.05, 3.63) is 51.9 Å². The van der Waals surface area contributed by atoms with Crippen molar-refractivity contribution in [2.75, 3.05) is 31.2 Å². The van der Waals surface area contributed by atoms with Crippen LogP contribution in [-0.2, 0) is 4.74 Å². The van der Waals surface area contributed by atoms with E-state index < -0.39 is 0 Å². The third kappa shape index (κ3) is 4.10. The highest BCUT2D eigenvalue weighted by molar-refractivity contribution is 7.17. The minimum atomic E-state index is -0.322. The second-order valence-corrected chi connectivity index (χ2v) is 6.46. The lowest BCUT2D eigenvalue weighted by Crippen LogP contribution is -2.35. The van der Waals surface area contributed by atoms with Crippen LogP contribution in [0.2, 0.25) is 5.02 Å². The average molecular weight is 350 g/mol. The predicted octanol–water partition coefficient (Wildman–Crippen LogP) is 3.00. The topological polar surface area (TPSA) is 53.9 Å². The van der Waals surface area contributed by atoms with E-state index in [2.05, 4.69) is 21.5 Å². The molecular weight excluding hydrogens is 334 g/mol. The lowest BCUT2D eigenvalue weighted by atomic mass is 10.2. The van der Waals surface area contributed by atoms with Crippen LogP contribution in [0.3, 0.4) is 0 Å². The summed E-state index contributed by atoms with van der Waals surface area (Å²) < 4.78 is 5.35. The van der Waals surface area contributed by atoms with Gasteiger partial charge in [0.15, 0.2) is 0 Å². The molecule has 7 heteroatoms. The minimum absolute atomic E-state index is 0.322. The number of benzene rings is 1. The van der Waals surface area contributed by atoms with Crippen molar-refractivity contribution < 1.29 is 9.53 Å². The fraction of sp³-hybridized carbons (Fsp3) is 0.250.